The maximum absolute atomic E-state index is 4.73. The van der Waals surface area contributed by atoms with E-state index in [2.05, 4.69) is 56.7 Å². The Morgan fingerprint density at radius 3 is 2.52 bits per heavy atom. The lowest BCUT2D eigenvalue weighted by atomic mass is 10.2. The minimum Gasteiger partial charge on any atom is -0.373 e. The first-order chi connectivity index (χ1) is 10.1. The van der Waals surface area contributed by atoms with Crippen molar-refractivity contribution in [3.05, 3.63) is 39.6 Å². The quantitative estimate of drug-likeness (QED) is 0.854. The third-order valence-corrected chi connectivity index (χ3v) is 4.41. The Kier molecular flexibility index (Phi) is 3.85. The maximum Gasteiger partial charge on any atom is 0.139 e. The first kappa shape index (κ1) is 14.3. The standard InChI is InChI=1S/C16H19BrN4/c1-9-4-7-12(17)13(8-9)19-15-10(2)14(18-3)20-16(21-15)11-5-6-11/h4,7-8,11H,5-6H2,1-3H3,(H2,18,19,20,21). The number of halogens is 1. The third-order valence-electron chi connectivity index (χ3n) is 3.72. The van der Waals surface area contributed by atoms with E-state index in [-0.39, 0.29) is 0 Å². The summed E-state index contributed by atoms with van der Waals surface area (Å²) in [5, 5.41) is 6.61. The van der Waals surface area contributed by atoms with Gasteiger partial charge >= 0.3 is 0 Å². The van der Waals surface area contributed by atoms with Gasteiger partial charge in [-0.05, 0) is 60.3 Å². The molecule has 3 rings (SSSR count). The highest BCUT2D eigenvalue weighted by Crippen LogP contribution is 2.40. The molecule has 1 aliphatic rings. The van der Waals surface area contributed by atoms with Crippen LogP contribution in [0, 0.1) is 13.8 Å². The Labute approximate surface area is 133 Å². The summed E-state index contributed by atoms with van der Waals surface area (Å²) >= 11 is 3.59. The number of anilines is 3. The van der Waals surface area contributed by atoms with Gasteiger partial charge in [0.25, 0.3) is 0 Å². The molecule has 1 aromatic heterocycles. The van der Waals surface area contributed by atoms with E-state index in [9.17, 15) is 0 Å². The molecule has 0 bridgehead atoms. The lowest BCUT2D eigenvalue weighted by molar-refractivity contribution is 0.923. The van der Waals surface area contributed by atoms with Gasteiger partial charge in [0.05, 0.1) is 5.69 Å². The molecule has 5 heteroatoms. The first-order valence-electron chi connectivity index (χ1n) is 7.18. The van der Waals surface area contributed by atoms with Crippen LogP contribution in [0.15, 0.2) is 22.7 Å². The van der Waals surface area contributed by atoms with Crippen molar-refractivity contribution in [2.24, 2.45) is 0 Å². The largest absolute Gasteiger partial charge is 0.373 e. The molecule has 110 valence electrons. The van der Waals surface area contributed by atoms with Gasteiger partial charge in [-0.1, -0.05) is 6.07 Å². The maximum atomic E-state index is 4.73. The molecule has 1 fully saturated rings. The lowest BCUT2D eigenvalue weighted by Crippen LogP contribution is -2.07. The van der Waals surface area contributed by atoms with E-state index >= 15 is 0 Å². The van der Waals surface area contributed by atoms with Crippen LogP contribution < -0.4 is 10.6 Å². The van der Waals surface area contributed by atoms with Crippen LogP contribution >= 0.6 is 15.9 Å². The molecule has 0 atom stereocenters. The van der Waals surface area contributed by atoms with Crippen LogP contribution in [-0.2, 0) is 0 Å². The highest BCUT2D eigenvalue weighted by atomic mass is 79.9. The smallest absolute Gasteiger partial charge is 0.139 e. The molecule has 1 saturated carbocycles. The number of rotatable bonds is 4. The highest BCUT2D eigenvalue weighted by molar-refractivity contribution is 9.10. The highest BCUT2D eigenvalue weighted by Gasteiger charge is 2.28. The summed E-state index contributed by atoms with van der Waals surface area (Å²) in [4.78, 5) is 9.35. The molecular formula is C16H19BrN4. The number of aromatic nitrogens is 2. The minimum absolute atomic E-state index is 0.527. The van der Waals surface area contributed by atoms with E-state index in [4.69, 9.17) is 4.98 Å². The summed E-state index contributed by atoms with van der Waals surface area (Å²) in [5.74, 6) is 3.25. The average molecular weight is 347 g/mol. The van der Waals surface area contributed by atoms with Gasteiger partial charge in [0.2, 0.25) is 0 Å². The van der Waals surface area contributed by atoms with E-state index in [0.717, 1.165) is 33.2 Å². The van der Waals surface area contributed by atoms with Gasteiger partial charge < -0.3 is 10.6 Å². The Bertz CT molecular complexity index is 680. The minimum atomic E-state index is 0.527. The number of aryl methyl sites for hydroxylation is 1. The van der Waals surface area contributed by atoms with Crippen molar-refractivity contribution in [3.8, 4) is 0 Å². The first-order valence-corrected chi connectivity index (χ1v) is 7.97. The fourth-order valence-corrected chi connectivity index (χ4v) is 2.63. The van der Waals surface area contributed by atoms with Gasteiger partial charge in [-0.15, -0.1) is 0 Å². The molecule has 0 unspecified atom stereocenters. The number of hydrogen-bond acceptors (Lipinski definition) is 4. The normalized spacial score (nSPS) is 14.1. The fraction of sp³-hybridized carbons (Fsp3) is 0.375. The van der Waals surface area contributed by atoms with Crippen molar-refractivity contribution in [2.75, 3.05) is 17.7 Å². The molecule has 1 aromatic carbocycles. The summed E-state index contributed by atoms with van der Waals surface area (Å²) in [6, 6.07) is 6.24. The summed E-state index contributed by atoms with van der Waals surface area (Å²) < 4.78 is 1.03. The summed E-state index contributed by atoms with van der Waals surface area (Å²) in [6.07, 6.45) is 2.39. The fourth-order valence-electron chi connectivity index (χ4n) is 2.29. The molecule has 0 aliphatic heterocycles. The van der Waals surface area contributed by atoms with Gasteiger partial charge in [0.15, 0.2) is 0 Å². The summed E-state index contributed by atoms with van der Waals surface area (Å²) in [7, 11) is 1.90. The van der Waals surface area contributed by atoms with Gasteiger partial charge in [0, 0.05) is 23.0 Å². The number of hydrogen-bond donors (Lipinski definition) is 2. The summed E-state index contributed by atoms with van der Waals surface area (Å²) in [6.45, 7) is 4.12. The second kappa shape index (κ2) is 5.64. The summed E-state index contributed by atoms with van der Waals surface area (Å²) in [5.41, 5.74) is 3.28. The number of nitrogens with one attached hydrogen (secondary N) is 2. The molecule has 21 heavy (non-hydrogen) atoms. The van der Waals surface area contributed by atoms with Crippen molar-refractivity contribution in [2.45, 2.75) is 32.6 Å². The van der Waals surface area contributed by atoms with Crippen LogP contribution in [0.4, 0.5) is 17.3 Å². The van der Waals surface area contributed by atoms with E-state index in [1.807, 2.05) is 14.0 Å². The topological polar surface area (TPSA) is 49.8 Å². The van der Waals surface area contributed by atoms with Crippen molar-refractivity contribution in [1.82, 2.24) is 9.97 Å². The number of benzene rings is 1. The van der Waals surface area contributed by atoms with Crippen LogP contribution in [0.25, 0.3) is 0 Å². The van der Waals surface area contributed by atoms with E-state index in [1.165, 1.54) is 18.4 Å². The van der Waals surface area contributed by atoms with E-state index in [0.29, 0.717) is 5.92 Å². The van der Waals surface area contributed by atoms with Crippen molar-refractivity contribution >= 4 is 33.3 Å². The van der Waals surface area contributed by atoms with Crippen LogP contribution in [-0.4, -0.2) is 17.0 Å². The van der Waals surface area contributed by atoms with Crippen molar-refractivity contribution < 1.29 is 0 Å². The predicted octanol–water partition coefficient (Wildman–Crippen LogP) is 4.52. The molecule has 0 amide bonds. The Morgan fingerprint density at radius 1 is 1.14 bits per heavy atom. The predicted molar refractivity (Wildman–Crippen MR) is 90.5 cm³/mol. The second-order valence-electron chi connectivity index (χ2n) is 5.54. The molecule has 4 nitrogen and oxygen atoms in total. The molecule has 1 heterocycles. The van der Waals surface area contributed by atoms with Crippen LogP contribution in [0.3, 0.4) is 0 Å². The molecule has 2 N–H and O–H groups in total. The van der Waals surface area contributed by atoms with Gasteiger partial charge in [-0.3, -0.25) is 0 Å². The Balaban J connectivity index is 2.00. The zero-order valence-corrected chi connectivity index (χ0v) is 14.1. The molecule has 1 aliphatic carbocycles. The van der Waals surface area contributed by atoms with Gasteiger partial charge in [-0.2, -0.15) is 0 Å². The molecule has 0 saturated heterocycles. The van der Waals surface area contributed by atoms with Gasteiger partial charge in [-0.25, -0.2) is 9.97 Å². The molecule has 2 aromatic rings. The number of nitrogens with zero attached hydrogens (tertiary/aromatic N) is 2. The van der Waals surface area contributed by atoms with E-state index in [1.54, 1.807) is 0 Å². The van der Waals surface area contributed by atoms with Crippen molar-refractivity contribution in [1.29, 1.82) is 0 Å². The zero-order valence-electron chi connectivity index (χ0n) is 12.5. The van der Waals surface area contributed by atoms with Gasteiger partial charge in [0.1, 0.15) is 17.5 Å². The molecule has 0 radical (unpaired) electrons. The van der Waals surface area contributed by atoms with Crippen LogP contribution in [0.2, 0.25) is 0 Å². The zero-order chi connectivity index (χ0) is 15.0. The molecule has 0 spiro atoms. The monoisotopic (exact) mass is 346 g/mol. The molecular weight excluding hydrogens is 328 g/mol. The average Bonchev–Trinajstić information content (AvgIpc) is 3.29. The Morgan fingerprint density at radius 2 is 1.86 bits per heavy atom. The third kappa shape index (κ3) is 3.02. The SMILES string of the molecule is CNc1nc(C2CC2)nc(Nc2cc(C)ccc2Br)c1C. The van der Waals surface area contributed by atoms with Crippen molar-refractivity contribution in [3.63, 3.8) is 0 Å². The second-order valence-corrected chi connectivity index (χ2v) is 6.39. The Hall–Kier alpha value is -1.62. The lowest BCUT2D eigenvalue weighted by Gasteiger charge is -2.15. The van der Waals surface area contributed by atoms with Crippen LogP contribution in [0.5, 0.6) is 0 Å². The van der Waals surface area contributed by atoms with E-state index < -0.39 is 0 Å². The van der Waals surface area contributed by atoms with Crippen LogP contribution in [0.1, 0.15) is 35.7 Å².